The molecule has 0 aromatic heterocycles. The molecule has 1 saturated heterocycles. The molecule has 7 nitrogen and oxygen atoms in total. The van der Waals surface area contributed by atoms with Crippen LogP contribution in [0.5, 0.6) is 0 Å². The number of rotatable bonds is 8. The quantitative estimate of drug-likeness (QED) is 0.621. The molecule has 2 aromatic carbocycles. The van der Waals surface area contributed by atoms with E-state index in [0.717, 1.165) is 31.5 Å². The number of nitrogens with zero attached hydrogens (tertiary/aromatic N) is 1. The number of primary amides is 1. The normalized spacial score (nSPS) is 14.8. The van der Waals surface area contributed by atoms with Gasteiger partial charge >= 0.3 is 0 Å². The zero-order chi connectivity index (χ0) is 21.5. The third-order valence-electron chi connectivity index (χ3n) is 5.15. The van der Waals surface area contributed by atoms with Crippen molar-refractivity contribution >= 4 is 34.8 Å². The van der Waals surface area contributed by atoms with E-state index in [1.807, 2.05) is 31.2 Å². The SMILES string of the molecule is CCC[C@H](Nc1cccc(C(N)=O)c1)C(=O)Nc1ccc(N2CCCCC2=O)cc1. The maximum Gasteiger partial charge on any atom is 0.248 e. The van der Waals surface area contributed by atoms with Crippen molar-refractivity contribution in [3.05, 3.63) is 54.1 Å². The first-order valence-corrected chi connectivity index (χ1v) is 10.4. The minimum absolute atomic E-state index is 0.142. The summed E-state index contributed by atoms with van der Waals surface area (Å²) in [5.41, 5.74) is 7.91. The van der Waals surface area contributed by atoms with Crippen molar-refractivity contribution in [2.45, 2.75) is 45.1 Å². The van der Waals surface area contributed by atoms with E-state index in [9.17, 15) is 14.4 Å². The van der Waals surface area contributed by atoms with E-state index in [0.29, 0.717) is 29.8 Å². The molecule has 4 N–H and O–H groups in total. The van der Waals surface area contributed by atoms with Gasteiger partial charge in [0, 0.05) is 35.6 Å². The second-order valence-corrected chi connectivity index (χ2v) is 7.47. The fourth-order valence-electron chi connectivity index (χ4n) is 3.55. The monoisotopic (exact) mass is 408 g/mol. The minimum atomic E-state index is -0.512. The van der Waals surface area contributed by atoms with Gasteiger partial charge in [-0.2, -0.15) is 0 Å². The summed E-state index contributed by atoms with van der Waals surface area (Å²) in [6.07, 6.45) is 3.98. The van der Waals surface area contributed by atoms with Gasteiger partial charge in [0.25, 0.3) is 0 Å². The number of carbonyl (C=O) groups excluding carboxylic acids is 3. The predicted octanol–water partition coefficient (Wildman–Crippen LogP) is 3.52. The van der Waals surface area contributed by atoms with Crippen LogP contribution in [-0.4, -0.2) is 30.3 Å². The molecule has 0 spiro atoms. The standard InChI is InChI=1S/C23H28N4O3/c1-2-6-20(25-18-8-5-7-16(15-18)22(24)29)23(30)26-17-10-12-19(13-11-17)27-14-4-3-9-21(27)28/h5,7-8,10-13,15,20,25H,2-4,6,9,14H2,1H3,(H2,24,29)(H,26,30)/t20-/m0/s1. The first-order valence-electron chi connectivity index (χ1n) is 10.4. The molecule has 7 heteroatoms. The Balaban J connectivity index is 1.66. The van der Waals surface area contributed by atoms with Crippen LogP contribution in [0, 0.1) is 0 Å². The van der Waals surface area contributed by atoms with Gasteiger partial charge in [0.15, 0.2) is 0 Å². The van der Waals surface area contributed by atoms with Crippen LogP contribution in [0.3, 0.4) is 0 Å². The first-order chi connectivity index (χ1) is 14.5. The molecule has 2 aromatic rings. The van der Waals surface area contributed by atoms with Crippen LogP contribution in [0.1, 0.15) is 49.4 Å². The van der Waals surface area contributed by atoms with Crippen molar-refractivity contribution < 1.29 is 14.4 Å². The smallest absolute Gasteiger partial charge is 0.248 e. The number of amides is 3. The summed E-state index contributed by atoms with van der Waals surface area (Å²) >= 11 is 0. The second kappa shape index (κ2) is 9.91. The lowest BCUT2D eigenvalue weighted by atomic mass is 10.1. The molecule has 1 fully saturated rings. The van der Waals surface area contributed by atoms with E-state index < -0.39 is 11.9 Å². The molecule has 1 aliphatic rings. The molecule has 30 heavy (non-hydrogen) atoms. The Morgan fingerprint density at radius 2 is 1.87 bits per heavy atom. The zero-order valence-corrected chi connectivity index (χ0v) is 17.2. The fraction of sp³-hybridized carbons (Fsp3) is 0.348. The van der Waals surface area contributed by atoms with Crippen LogP contribution >= 0.6 is 0 Å². The molecule has 1 heterocycles. The molecule has 158 valence electrons. The predicted molar refractivity (Wildman–Crippen MR) is 119 cm³/mol. The van der Waals surface area contributed by atoms with Crippen molar-refractivity contribution in [2.24, 2.45) is 5.73 Å². The molecule has 1 aliphatic heterocycles. The Morgan fingerprint density at radius 3 is 2.53 bits per heavy atom. The number of carbonyl (C=O) groups is 3. The van der Waals surface area contributed by atoms with Crippen molar-refractivity contribution in [3.8, 4) is 0 Å². The third-order valence-corrected chi connectivity index (χ3v) is 5.15. The topological polar surface area (TPSA) is 105 Å². The highest BCUT2D eigenvalue weighted by Gasteiger charge is 2.20. The lowest BCUT2D eigenvalue weighted by molar-refractivity contribution is -0.119. The average Bonchev–Trinajstić information content (AvgIpc) is 2.74. The highest BCUT2D eigenvalue weighted by atomic mass is 16.2. The molecule has 0 bridgehead atoms. The van der Waals surface area contributed by atoms with E-state index >= 15 is 0 Å². The summed E-state index contributed by atoms with van der Waals surface area (Å²) in [4.78, 5) is 38.1. The van der Waals surface area contributed by atoms with E-state index in [4.69, 9.17) is 5.73 Å². The van der Waals surface area contributed by atoms with Gasteiger partial charge in [0.05, 0.1) is 0 Å². The number of anilines is 3. The van der Waals surface area contributed by atoms with Crippen LogP contribution in [0.4, 0.5) is 17.1 Å². The minimum Gasteiger partial charge on any atom is -0.374 e. The zero-order valence-electron chi connectivity index (χ0n) is 17.2. The van der Waals surface area contributed by atoms with Crippen molar-refractivity contribution in [1.82, 2.24) is 0 Å². The van der Waals surface area contributed by atoms with Gasteiger partial charge in [0.1, 0.15) is 6.04 Å². The number of nitrogens with two attached hydrogens (primary N) is 1. The summed E-state index contributed by atoms with van der Waals surface area (Å²) < 4.78 is 0. The van der Waals surface area contributed by atoms with Crippen LogP contribution in [0.25, 0.3) is 0 Å². The Kier molecular flexibility index (Phi) is 7.06. The average molecular weight is 409 g/mol. The van der Waals surface area contributed by atoms with Crippen molar-refractivity contribution in [2.75, 3.05) is 22.1 Å². The van der Waals surface area contributed by atoms with Gasteiger partial charge in [-0.1, -0.05) is 19.4 Å². The highest BCUT2D eigenvalue weighted by molar-refractivity contribution is 5.98. The molecule has 0 radical (unpaired) electrons. The number of benzene rings is 2. The van der Waals surface area contributed by atoms with E-state index in [1.165, 1.54) is 0 Å². The first kappa shape index (κ1) is 21.4. The lowest BCUT2D eigenvalue weighted by Gasteiger charge is -2.27. The van der Waals surface area contributed by atoms with E-state index in [2.05, 4.69) is 10.6 Å². The molecular formula is C23H28N4O3. The fourth-order valence-corrected chi connectivity index (χ4v) is 3.55. The van der Waals surface area contributed by atoms with Crippen molar-refractivity contribution in [1.29, 1.82) is 0 Å². The van der Waals surface area contributed by atoms with E-state index in [1.54, 1.807) is 29.2 Å². The summed E-state index contributed by atoms with van der Waals surface area (Å²) in [5, 5.41) is 6.12. The third kappa shape index (κ3) is 5.37. The highest BCUT2D eigenvalue weighted by Crippen LogP contribution is 2.23. The lowest BCUT2D eigenvalue weighted by Crippen LogP contribution is -2.35. The Hall–Kier alpha value is -3.35. The van der Waals surface area contributed by atoms with Crippen molar-refractivity contribution in [3.63, 3.8) is 0 Å². The number of piperidine rings is 1. The molecule has 0 saturated carbocycles. The molecule has 0 aliphatic carbocycles. The maximum atomic E-state index is 12.8. The molecule has 1 atom stereocenters. The van der Waals surface area contributed by atoms with Gasteiger partial charge in [-0.15, -0.1) is 0 Å². The Bertz CT molecular complexity index is 911. The summed E-state index contributed by atoms with van der Waals surface area (Å²) in [5.74, 6) is -0.533. The van der Waals surface area contributed by atoms with Crippen LogP contribution < -0.4 is 21.3 Å². The second-order valence-electron chi connectivity index (χ2n) is 7.47. The molecule has 3 amide bonds. The van der Waals surface area contributed by atoms with Gasteiger partial charge < -0.3 is 21.3 Å². The summed E-state index contributed by atoms with van der Waals surface area (Å²) in [6.45, 7) is 2.74. The van der Waals surface area contributed by atoms with Gasteiger partial charge in [-0.3, -0.25) is 14.4 Å². The summed E-state index contributed by atoms with van der Waals surface area (Å²) in [7, 11) is 0. The van der Waals surface area contributed by atoms with Gasteiger partial charge in [-0.05, 0) is 61.7 Å². The van der Waals surface area contributed by atoms with E-state index in [-0.39, 0.29) is 11.8 Å². The Labute approximate surface area is 176 Å². The van der Waals surface area contributed by atoms with Gasteiger partial charge in [-0.25, -0.2) is 0 Å². The molecule has 3 rings (SSSR count). The number of hydrogen-bond donors (Lipinski definition) is 3. The molecular weight excluding hydrogens is 380 g/mol. The number of nitrogens with one attached hydrogen (secondary N) is 2. The maximum absolute atomic E-state index is 12.8. The van der Waals surface area contributed by atoms with Crippen LogP contribution in [-0.2, 0) is 9.59 Å². The van der Waals surface area contributed by atoms with Gasteiger partial charge in [0.2, 0.25) is 17.7 Å². The van der Waals surface area contributed by atoms with Crippen LogP contribution in [0.15, 0.2) is 48.5 Å². The van der Waals surface area contributed by atoms with Crippen LogP contribution in [0.2, 0.25) is 0 Å². The molecule has 0 unspecified atom stereocenters. The summed E-state index contributed by atoms with van der Waals surface area (Å²) in [6, 6.07) is 13.7. The largest absolute Gasteiger partial charge is 0.374 e. The Morgan fingerprint density at radius 1 is 1.10 bits per heavy atom. The number of hydrogen-bond acceptors (Lipinski definition) is 4.